The van der Waals surface area contributed by atoms with Crippen LogP contribution in [-0.2, 0) is 14.3 Å². The van der Waals surface area contributed by atoms with Gasteiger partial charge in [-0.05, 0) is 39.3 Å². The molecule has 172 valence electrons. The fourth-order valence-corrected chi connectivity index (χ4v) is 3.47. The topological polar surface area (TPSA) is 131 Å². The summed E-state index contributed by atoms with van der Waals surface area (Å²) < 4.78 is 11.0. The first-order valence-corrected chi connectivity index (χ1v) is 10.4. The van der Waals surface area contributed by atoms with Gasteiger partial charge in [0.2, 0.25) is 11.8 Å². The van der Waals surface area contributed by atoms with Gasteiger partial charge in [-0.1, -0.05) is 13.0 Å². The van der Waals surface area contributed by atoms with Gasteiger partial charge in [0.25, 0.3) is 11.8 Å². The molecule has 0 aromatic heterocycles. The number of carbonyl (C=O) groups is 5. The van der Waals surface area contributed by atoms with E-state index >= 15 is 0 Å². The van der Waals surface area contributed by atoms with E-state index in [4.69, 9.17) is 9.47 Å². The second-order valence-corrected chi connectivity index (χ2v) is 8.92. The summed E-state index contributed by atoms with van der Waals surface area (Å²) in [6.07, 6.45) is -0.403. The van der Waals surface area contributed by atoms with Crippen LogP contribution in [0.3, 0.4) is 0 Å². The Kier molecular flexibility index (Phi) is 6.52. The summed E-state index contributed by atoms with van der Waals surface area (Å²) in [5.74, 6) is -2.21. The van der Waals surface area contributed by atoms with Crippen molar-refractivity contribution in [1.82, 2.24) is 15.5 Å². The van der Waals surface area contributed by atoms with Crippen LogP contribution in [0.5, 0.6) is 5.75 Å². The van der Waals surface area contributed by atoms with Gasteiger partial charge in [-0.25, -0.2) is 4.79 Å². The van der Waals surface area contributed by atoms with Crippen molar-refractivity contribution in [2.24, 2.45) is 5.92 Å². The molecule has 0 bridgehead atoms. The van der Waals surface area contributed by atoms with Gasteiger partial charge in [0.05, 0.1) is 17.7 Å². The third-order valence-electron chi connectivity index (χ3n) is 4.95. The zero-order valence-corrected chi connectivity index (χ0v) is 18.5. The number of ether oxygens (including phenoxy) is 2. The van der Waals surface area contributed by atoms with E-state index in [0.29, 0.717) is 6.54 Å². The standard InChI is InChI=1S/C22H27N3O7/c1-12(10-23-21(30)32-22(2,3)4)11-31-15-7-5-6-13-17(15)20(29)25(19(13)28)14-8-9-16(26)24-18(14)27/h5-7,12,14H,8-11H2,1-4H3,(H,23,30)(H,24,26,27)/t12-,14?/m0/s1. The van der Waals surface area contributed by atoms with Crippen LogP contribution in [0.2, 0.25) is 0 Å². The number of piperidine rings is 1. The maximum atomic E-state index is 13.0. The molecule has 3 rings (SSSR count). The van der Waals surface area contributed by atoms with Gasteiger partial charge in [-0.15, -0.1) is 0 Å². The average Bonchev–Trinajstić information content (AvgIpc) is 2.95. The predicted octanol–water partition coefficient (Wildman–Crippen LogP) is 1.63. The Bertz CT molecular complexity index is 967. The van der Waals surface area contributed by atoms with Gasteiger partial charge < -0.3 is 14.8 Å². The Labute approximate surface area is 185 Å². The largest absolute Gasteiger partial charge is 0.492 e. The lowest BCUT2D eigenvalue weighted by Gasteiger charge is -2.27. The van der Waals surface area contributed by atoms with Crippen molar-refractivity contribution >= 4 is 29.7 Å². The number of rotatable bonds is 6. The van der Waals surface area contributed by atoms with Crippen molar-refractivity contribution < 1.29 is 33.4 Å². The van der Waals surface area contributed by atoms with Crippen LogP contribution >= 0.6 is 0 Å². The molecule has 2 aliphatic rings. The number of hydrogen-bond donors (Lipinski definition) is 2. The minimum Gasteiger partial charge on any atom is -0.492 e. The average molecular weight is 445 g/mol. The van der Waals surface area contributed by atoms with Crippen LogP contribution in [0.4, 0.5) is 4.79 Å². The first-order chi connectivity index (χ1) is 15.0. The number of amides is 5. The summed E-state index contributed by atoms with van der Waals surface area (Å²) in [7, 11) is 0. The van der Waals surface area contributed by atoms with Crippen molar-refractivity contribution in [3.05, 3.63) is 29.3 Å². The van der Waals surface area contributed by atoms with E-state index in [1.807, 2.05) is 6.92 Å². The van der Waals surface area contributed by atoms with E-state index in [2.05, 4.69) is 10.6 Å². The summed E-state index contributed by atoms with van der Waals surface area (Å²) in [5, 5.41) is 4.83. The summed E-state index contributed by atoms with van der Waals surface area (Å²) in [4.78, 5) is 62.2. The van der Waals surface area contributed by atoms with Crippen LogP contribution in [-0.4, -0.2) is 59.4 Å². The molecule has 1 aromatic rings. The Hall–Kier alpha value is -3.43. The van der Waals surface area contributed by atoms with Crippen molar-refractivity contribution in [1.29, 1.82) is 0 Å². The SMILES string of the molecule is C[C@@H](CNC(=O)OC(C)(C)C)COc1cccc2c1C(=O)N(C1CCC(=O)NC1=O)C2=O. The molecule has 1 fully saturated rings. The molecule has 0 spiro atoms. The Morgan fingerprint density at radius 1 is 1.22 bits per heavy atom. The molecule has 1 aromatic carbocycles. The molecule has 10 heteroatoms. The lowest BCUT2D eigenvalue weighted by molar-refractivity contribution is -0.136. The molecule has 1 saturated heterocycles. The van der Waals surface area contributed by atoms with E-state index in [1.54, 1.807) is 32.9 Å². The number of nitrogens with zero attached hydrogens (tertiary/aromatic N) is 1. The number of benzene rings is 1. The van der Waals surface area contributed by atoms with Crippen molar-refractivity contribution in [3.63, 3.8) is 0 Å². The molecule has 0 aliphatic carbocycles. The highest BCUT2D eigenvalue weighted by Crippen LogP contribution is 2.33. The molecule has 2 N–H and O–H groups in total. The van der Waals surface area contributed by atoms with Crippen LogP contribution in [0, 0.1) is 5.92 Å². The highest BCUT2D eigenvalue weighted by molar-refractivity contribution is 6.24. The van der Waals surface area contributed by atoms with Gasteiger partial charge in [0.1, 0.15) is 17.4 Å². The minimum atomic E-state index is -1.04. The zero-order chi connectivity index (χ0) is 23.6. The Balaban J connectivity index is 1.65. The summed E-state index contributed by atoms with van der Waals surface area (Å²) in [6.45, 7) is 7.62. The van der Waals surface area contributed by atoms with Crippen LogP contribution in [0.1, 0.15) is 61.3 Å². The smallest absolute Gasteiger partial charge is 0.407 e. The number of fused-ring (bicyclic) bond motifs is 1. The summed E-state index contributed by atoms with van der Waals surface area (Å²) >= 11 is 0. The lowest BCUT2D eigenvalue weighted by atomic mass is 10.0. The van der Waals surface area contributed by atoms with Crippen LogP contribution in [0.25, 0.3) is 0 Å². The van der Waals surface area contributed by atoms with Crippen molar-refractivity contribution in [3.8, 4) is 5.75 Å². The third-order valence-corrected chi connectivity index (χ3v) is 4.95. The molecule has 0 radical (unpaired) electrons. The van der Waals surface area contributed by atoms with Gasteiger partial charge in [-0.2, -0.15) is 0 Å². The van der Waals surface area contributed by atoms with Gasteiger partial charge in [-0.3, -0.25) is 29.4 Å². The Morgan fingerprint density at radius 2 is 1.94 bits per heavy atom. The number of nitrogens with one attached hydrogen (secondary N) is 2. The molecule has 2 aliphatic heterocycles. The fraction of sp³-hybridized carbons (Fsp3) is 0.500. The second-order valence-electron chi connectivity index (χ2n) is 8.92. The first-order valence-electron chi connectivity index (χ1n) is 10.4. The van der Waals surface area contributed by atoms with E-state index in [-0.39, 0.29) is 42.2 Å². The van der Waals surface area contributed by atoms with Gasteiger partial charge >= 0.3 is 6.09 Å². The van der Waals surface area contributed by atoms with Crippen molar-refractivity contribution in [2.75, 3.05) is 13.2 Å². The Morgan fingerprint density at radius 3 is 2.59 bits per heavy atom. The van der Waals surface area contributed by atoms with Gasteiger partial charge in [0, 0.05) is 18.9 Å². The van der Waals surface area contributed by atoms with E-state index in [1.165, 1.54) is 6.07 Å². The molecular formula is C22H27N3O7. The normalized spacial score (nSPS) is 19.4. The molecule has 32 heavy (non-hydrogen) atoms. The molecule has 0 saturated carbocycles. The zero-order valence-electron chi connectivity index (χ0n) is 18.5. The molecule has 1 unspecified atom stereocenters. The molecule has 5 amide bonds. The van der Waals surface area contributed by atoms with Crippen LogP contribution in [0.15, 0.2) is 18.2 Å². The van der Waals surface area contributed by atoms with E-state index in [9.17, 15) is 24.0 Å². The maximum Gasteiger partial charge on any atom is 0.407 e. The number of hydrogen-bond acceptors (Lipinski definition) is 7. The molecular weight excluding hydrogens is 418 g/mol. The molecule has 2 heterocycles. The van der Waals surface area contributed by atoms with E-state index in [0.717, 1.165) is 4.90 Å². The lowest BCUT2D eigenvalue weighted by Crippen LogP contribution is -2.54. The van der Waals surface area contributed by atoms with Crippen molar-refractivity contribution in [2.45, 2.75) is 52.2 Å². The molecule has 2 atom stereocenters. The monoisotopic (exact) mass is 445 g/mol. The second kappa shape index (κ2) is 8.97. The molecule has 10 nitrogen and oxygen atoms in total. The van der Waals surface area contributed by atoms with E-state index < -0.39 is 41.4 Å². The highest BCUT2D eigenvalue weighted by Gasteiger charge is 2.46. The maximum absolute atomic E-state index is 13.0. The minimum absolute atomic E-state index is 0.0509. The third kappa shape index (κ3) is 5.06. The van der Waals surface area contributed by atoms with Gasteiger partial charge in [0.15, 0.2) is 0 Å². The number of alkyl carbamates (subject to hydrolysis) is 1. The number of imide groups is 2. The summed E-state index contributed by atoms with van der Waals surface area (Å²) in [5.41, 5.74) is -0.360. The first kappa shape index (κ1) is 23.2. The number of carbonyl (C=O) groups excluding carboxylic acids is 5. The fourth-order valence-electron chi connectivity index (χ4n) is 3.47. The van der Waals surface area contributed by atoms with Crippen LogP contribution < -0.4 is 15.4 Å². The summed E-state index contributed by atoms with van der Waals surface area (Å²) in [6, 6.07) is 3.63. The highest BCUT2D eigenvalue weighted by atomic mass is 16.6. The quantitative estimate of drug-likeness (QED) is 0.636. The predicted molar refractivity (Wildman–Crippen MR) is 112 cm³/mol.